The number of ether oxygens (including phenoxy) is 5. The minimum atomic E-state index is -0.734. The lowest BCUT2D eigenvalue weighted by atomic mass is 9.98. The monoisotopic (exact) mass is 402 g/mol. The first kappa shape index (κ1) is 25.3. The van der Waals surface area contributed by atoms with Crippen LogP contribution in [-0.2, 0) is 28.5 Å². The lowest BCUT2D eigenvalue weighted by Crippen LogP contribution is -2.60. The molecule has 1 aliphatic rings. The number of carbonyl (C=O) groups excluding carboxylic acids is 1. The molecular formula is C22H42O6. The molecule has 4 atom stereocenters. The van der Waals surface area contributed by atoms with E-state index in [1.807, 2.05) is 0 Å². The van der Waals surface area contributed by atoms with Crippen LogP contribution in [0.25, 0.3) is 0 Å². The molecule has 0 aromatic heterocycles. The van der Waals surface area contributed by atoms with Gasteiger partial charge in [0.2, 0.25) is 0 Å². The molecule has 28 heavy (non-hydrogen) atoms. The van der Waals surface area contributed by atoms with E-state index >= 15 is 0 Å². The molecule has 0 amide bonds. The number of rotatable bonds is 17. The highest BCUT2D eigenvalue weighted by Crippen LogP contribution is 2.26. The number of hydrogen-bond acceptors (Lipinski definition) is 6. The molecule has 1 saturated heterocycles. The molecule has 0 spiro atoms. The fourth-order valence-corrected chi connectivity index (χ4v) is 3.01. The topological polar surface area (TPSA) is 63.2 Å². The van der Waals surface area contributed by atoms with Crippen molar-refractivity contribution >= 4 is 5.97 Å². The van der Waals surface area contributed by atoms with Crippen molar-refractivity contribution in [1.29, 1.82) is 0 Å². The largest absolute Gasteiger partial charge is 0.455 e. The Labute approximate surface area is 171 Å². The molecule has 6 heteroatoms. The predicted octanol–water partition coefficient (Wildman–Crippen LogP) is 4.28. The third-order valence-electron chi connectivity index (χ3n) is 4.82. The van der Waals surface area contributed by atoms with E-state index in [0.717, 1.165) is 51.4 Å². The third-order valence-corrected chi connectivity index (χ3v) is 4.82. The lowest BCUT2D eigenvalue weighted by molar-refractivity contribution is -0.233. The van der Waals surface area contributed by atoms with Gasteiger partial charge in [-0.15, -0.1) is 0 Å². The van der Waals surface area contributed by atoms with E-state index in [0.29, 0.717) is 33.0 Å². The van der Waals surface area contributed by atoms with Crippen LogP contribution in [-0.4, -0.2) is 63.4 Å². The molecule has 166 valence electrons. The Bertz CT molecular complexity index is 389. The van der Waals surface area contributed by atoms with Gasteiger partial charge in [0.05, 0.1) is 6.61 Å². The quantitative estimate of drug-likeness (QED) is 0.267. The Balaban J connectivity index is 2.86. The smallest absolute Gasteiger partial charge is 0.338 e. The number of hydrogen-bond donors (Lipinski definition) is 0. The Morgan fingerprint density at radius 3 is 1.79 bits per heavy atom. The summed E-state index contributed by atoms with van der Waals surface area (Å²) in [5.41, 5.74) is 0. The summed E-state index contributed by atoms with van der Waals surface area (Å²) in [6.45, 7) is 11.2. The molecule has 0 radical (unpaired) electrons. The van der Waals surface area contributed by atoms with E-state index < -0.39 is 18.3 Å². The van der Waals surface area contributed by atoms with Crippen LogP contribution in [0.3, 0.4) is 0 Å². The average molecular weight is 403 g/mol. The van der Waals surface area contributed by atoms with Gasteiger partial charge < -0.3 is 23.7 Å². The summed E-state index contributed by atoms with van der Waals surface area (Å²) >= 11 is 0. The van der Waals surface area contributed by atoms with Crippen molar-refractivity contribution in [3.05, 3.63) is 0 Å². The first-order valence-electron chi connectivity index (χ1n) is 11.3. The molecule has 0 N–H and O–H groups in total. The maximum atomic E-state index is 12.7. The van der Waals surface area contributed by atoms with Gasteiger partial charge in [0.15, 0.2) is 12.2 Å². The predicted molar refractivity (Wildman–Crippen MR) is 110 cm³/mol. The zero-order chi connectivity index (χ0) is 20.6. The fraction of sp³-hybridized carbons (Fsp3) is 0.955. The van der Waals surface area contributed by atoms with Crippen molar-refractivity contribution in [3.63, 3.8) is 0 Å². The van der Waals surface area contributed by atoms with Crippen LogP contribution >= 0.6 is 0 Å². The minimum absolute atomic E-state index is 0.331. The van der Waals surface area contributed by atoms with E-state index in [2.05, 4.69) is 27.7 Å². The molecule has 0 bridgehead atoms. The summed E-state index contributed by atoms with van der Waals surface area (Å²) in [7, 11) is 0. The van der Waals surface area contributed by atoms with Crippen molar-refractivity contribution in [2.75, 3.05) is 33.0 Å². The van der Waals surface area contributed by atoms with E-state index in [9.17, 15) is 4.79 Å². The standard InChI is InChI=1S/C22H42O6/c1-5-9-13-24-17-18-19(25-14-10-6-2)20(26-15-11-7-3)21(22(23)28-18)27-16-12-8-4/h18-21H,5-17H2,1-4H3/t18-,19-,20?,21-/m1/s1. The van der Waals surface area contributed by atoms with Crippen LogP contribution in [0.2, 0.25) is 0 Å². The lowest BCUT2D eigenvalue weighted by Gasteiger charge is -2.41. The molecular weight excluding hydrogens is 360 g/mol. The second kappa shape index (κ2) is 16.1. The van der Waals surface area contributed by atoms with Crippen LogP contribution < -0.4 is 0 Å². The Morgan fingerprint density at radius 2 is 1.21 bits per heavy atom. The van der Waals surface area contributed by atoms with Gasteiger partial charge in [-0.3, -0.25) is 0 Å². The van der Waals surface area contributed by atoms with Crippen molar-refractivity contribution in [2.45, 2.75) is 103 Å². The molecule has 1 fully saturated rings. The van der Waals surface area contributed by atoms with Gasteiger partial charge in [0.1, 0.15) is 12.2 Å². The van der Waals surface area contributed by atoms with E-state index in [1.54, 1.807) is 0 Å². The Morgan fingerprint density at radius 1 is 0.714 bits per heavy atom. The summed E-state index contributed by atoms with van der Waals surface area (Å²) < 4.78 is 29.6. The third kappa shape index (κ3) is 9.21. The zero-order valence-corrected chi connectivity index (χ0v) is 18.5. The summed E-state index contributed by atoms with van der Waals surface area (Å²) in [6, 6.07) is 0. The molecule has 1 rings (SSSR count). The van der Waals surface area contributed by atoms with Crippen LogP contribution in [0.1, 0.15) is 79.1 Å². The molecule has 0 aromatic carbocycles. The second-order valence-electron chi connectivity index (χ2n) is 7.43. The van der Waals surface area contributed by atoms with Crippen molar-refractivity contribution in [3.8, 4) is 0 Å². The van der Waals surface area contributed by atoms with Gasteiger partial charge in [0.25, 0.3) is 0 Å². The molecule has 6 nitrogen and oxygen atoms in total. The maximum absolute atomic E-state index is 12.7. The first-order valence-corrected chi connectivity index (χ1v) is 11.3. The van der Waals surface area contributed by atoms with Crippen molar-refractivity contribution in [2.24, 2.45) is 0 Å². The highest BCUT2D eigenvalue weighted by molar-refractivity contribution is 5.77. The van der Waals surface area contributed by atoms with Crippen LogP contribution in [0.5, 0.6) is 0 Å². The first-order chi connectivity index (χ1) is 13.7. The summed E-state index contributed by atoms with van der Waals surface area (Å²) in [4.78, 5) is 12.7. The van der Waals surface area contributed by atoms with Crippen molar-refractivity contribution in [1.82, 2.24) is 0 Å². The molecule has 1 heterocycles. The van der Waals surface area contributed by atoms with E-state index in [-0.39, 0.29) is 12.1 Å². The summed E-state index contributed by atoms with van der Waals surface area (Å²) in [6.07, 6.45) is 5.91. The van der Waals surface area contributed by atoms with Gasteiger partial charge in [0, 0.05) is 26.4 Å². The van der Waals surface area contributed by atoms with Gasteiger partial charge in [-0.2, -0.15) is 0 Å². The van der Waals surface area contributed by atoms with E-state index in [1.165, 1.54) is 0 Å². The Kier molecular flexibility index (Phi) is 14.6. The normalized spacial score (nSPS) is 25.1. The van der Waals surface area contributed by atoms with Crippen LogP contribution in [0, 0.1) is 0 Å². The molecule has 1 unspecified atom stereocenters. The van der Waals surface area contributed by atoms with E-state index in [4.69, 9.17) is 23.7 Å². The summed E-state index contributed by atoms with van der Waals surface area (Å²) in [5.74, 6) is -0.364. The second-order valence-corrected chi connectivity index (χ2v) is 7.43. The van der Waals surface area contributed by atoms with Gasteiger partial charge >= 0.3 is 5.97 Å². The van der Waals surface area contributed by atoms with Crippen molar-refractivity contribution < 1.29 is 28.5 Å². The highest BCUT2D eigenvalue weighted by atomic mass is 16.6. The average Bonchev–Trinajstić information content (AvgIpc) is 2.69. The SMILES string of the molecule is CCCCOC[C@H]1OC(=O)[C@H](OCCCC)C(OCCCC)[C@@H]1OCCCC. The van der Waals surface area contributed by atoms with Crippen LogP contribution in [0.15, 0.2) is 0 Å². The van der Waals surface area contributed by atoms with Gasteiger partial charge in [-0.25, -0.2) is 4.79 Å². The molecule has 0 saturated carbocycles. The zero-order valence-electron chi connectivity index (χ0n) is 18.5. The van der Waals surface area contributed by atoms with Crippen LogP contribution in [0.4, 0.5) is 0 Å². The Hall–Kier alpha value is -0.690. The highest BCUT2D eigenvalue weighted by Gasteiger charge is 2.48. The van der Waals surface area contributed by atoms with Gasteiger partial charge in [-0.1, -0.05) is 53.4 Å². The number of unbranched alkanes of at least 4 members (excludes halogenated alkanes) is 4. The van der Waals surface area contributed by atoms with Gasteiger partial charge in [-0.05, 0) is 25.7 Å². The molecule has 0 aromatic rings. The molecule has 0 aliphatic carbocycles. The number of esters is 1. The fourth-order valence-electron chi connectivity index (χ4n) is 3.01. The summed E-state index contributed by atoms with van der Waals surface area (Å²) in [5, 5.41) is 0. The number of carbonyl (C=O) groups is 1. The minimum Gasteiger partial charge on any atom is -0.455 e. The number of cyclic esters (lactones) is 1. The maximum Gasteiger partial charge on any atom is 0.338 e. The molecule has 1 aliphatic heterocycles.